The highest BCUT2D eigenvalue weighted by molar-refractivity contribution is 5.97. The average molecular weight is 352 g/mol. The molecule has 3 heterocycles. The summed E-state index contributed by atoms with van der Waals surface area (Å²) in [6, 6.07) is 6.20. The highest BCUT2D eigenvalue weighted by Gasteiger charge is 2.87. The normalized spacial score (nSPS) is 41.2. The van der Waals surface area contributed by atoms with E-state index in [1.165, 1.54) is 25.5 Å². The Morgan fingerprint density at radius 3 is 2.96 bits per heavy atom. The molecule has 0 aromatic heterocycles. The lowest BCUT2D eigenvalue weighted by atomic mass is 9.72. The van der Waals surface area contributed by atoms with Gasteiger partial charge >= 0.3 is 6.09 Å². The Morgan fingerprint density at radius 1 is 1.27 bits per heavy atom. The number of rotatable bonds is 1. The molecule has 5 nitrogen and oxygen atoms in total. The molecule has 136 valence electrons. The molecule has 2 saturated carbocycles. The first-order chi connectivity index (χ1) is 12.6. The van der Waals surface area contributed by atoms with Gasteiger partial charge < -0.3 is 9.47 Å². The molecule has 2 bridgehead atoms. The summed E-state index contributed by atoms with van der Waals surface area (Å²) in [6.07, 6.45) is 9.08. The standard InChI is InChI=1S/C21H24N2O3/c1-25-14-4-5-16-15(12-14)20-13-19-7-3-10-22(19)11-9-21(20,17(20)6-8-19)23(16)18(24)26-2/h3-5,7,12,17H,6,8-11,13H2,1-2H3/t17-,19+,20-,21+/m1/s1. The number of nitrogens with zero attached hydrogens (tertiary/aromatic N) is 2. The molecule has 2 aliphatic carbocycles. The summed E-state index contributed by atoms with van der Waals surface area (Å²) >= 11 is 0. The molecule has 6 rings (SSSR count). The number of anilines is 1. The van der Waals surface area contributed by atoms with Crippen molar-refractivity contribution in [1.82, 2.24) is 4.90 Å². The van der Waals surface area contributed by atoms with E-state index >= 15 is 0 Å². The van der Waals surface area contributed by atoms with Crippen LogP contribution >= 0.6 is 0 Å². The third-order valence-electron chi connectivity index (χ3n) is 8.14. The highest BCUT2D eigenvalue weighted by atomic mass is 16.5. The van der Waals surface area contributed by atoms with Crippen molar-refractivity contribution in [2.24, 2.45) is 5.92 Å². The van der Waals surface area contributed by atoms with Crippen LogP contribution in [0.25, 0.3) is 0 Å². The number of ether oxygens (including phenoxy) is 2. The first kappa shape index (κ1) is 15.1. The Kier molecular flexibility index (Phi) is 2.58. The number of carbonyl (C=O) groups is 1. The van der Waals surface area contributed by atoms with Gasteiger partial charge in [0.15, 0.2) is 0 Å². The quantitative estimate of drug-likeness (QED) is 0.729. The molecule has 1 saturated heterocycles. The van der Waals surface area contributed by atoms with Crippen LogP contribution < -0.4 is 9.64 Å². The van der Waals surface area contributed by atoms with Crippen molar-refractivity contribution in [3.63, 3.8) is 0 Å². The molecule has 1 aromatic carbocycles. The lowest BCUT2D eigenvalue weighted by Gasteiger charge is -2.44. The maximum atomic E-state index is 12.9. The van der Waals surface area contributed by atoms with Crippen LogP contribution in [0, 0.1) is 5.92 Å². The van der Waals surface area contributed by atoms with Crippen molar-refractivity contribution in [2.45, 2.75) is 42.2 Å². The van der Waals surface area contributed by atoms with Gasteiger partial charge in [0, 0.05) is 24.0 Å². The maximum absolute atomic E-state index is 12.9. The molecule has 4 atom stereocenters. The third-order valence-corrected chi connectivity index (χ3v) is 8.14. The zero-order chi connectivity index (χ0) is 17.7. The number of amides is 1. The molecule has 1 aromatic rings. The van der Waals surface area contributed by atoms with E-state index in [-0.39, 0.29) is 22.6 Å². The van der Waals surface area contributed by atoms with Gasteiger partial charge in [-0.2, -0.15) is 0 Å². The van der Waals surface area contributed by atoms with Crippen LogP contribution in [0.5, 0.6) is 5.75 Å². The van der Waals surface area contributed by atoms with Crippen molar-refractivity contribution >= 4 is 11.8 Å². The number of carbonyl (C=O) groups excluding carboxylic acids is 1. The smallest absolute Gasteiger partial charge is 0.414 e. The minimum atomic E-state index is -0.214. The first-order valence-corrected chi connectivity index (χ1v) is 9.62. The van der Waals surface area contributed by atoms with Gasteiger partial charge in [-0.15, -0.1) is 0 Å². The number of fused-ring (bicyclic) bond motifs is 1. The van der Waals surface area contributed by atoms with Crippen LogP contribution in [0.2, 0.25) is 0 Å². The summed E-state index contributed by atoms with van der Waals surface area (Å²) in [5.41, 5.74) is 2.43. The molecule has 1 amide bonds. The fourth-order valence-corrected chi connectivity index (χ4v) is 7.26. The molecule has 2 spiro atoms. The summed E-state index contributed by atoms with van der Waals surface area (Å²) in [6.45, 7) is 2.09. The van der Waals surface area contributed by atoms with E-state index in [9.17, 15) is 4.79 Å². The Bertz CT molecular complexity index is 867. The average Bonchev–Trinajstić information content (AvgIpc) is 2.96. The van der Waals surface area contributed by atoms with Crippen LogP contribution in [0.15, 0.2) is 30.4 Å². The van der Waals surface area contributed by atoms with Gasteiger partial charge in [0.1, 0.15) is 5.75 Å². The summed E-state index contributed by atoms with van der Waals surface area (Å²) in [5, 5.41) is 0. The van der Waals surface area contributed by atoms with Crippen LogP contribution in [-0.4, -0.2) is 49.4 Å². The van der Waals surface area contributed by atoms with Crippen molar-refractivity contribution in [3.05, 3.63) is 35.9 Å². The fraction of sp³-hybridized carbons (Fsp3) is 0.571. The molecule has 5 aliphatic rings. The summed E-state index contributed by atoms with van der Waals surface area (Å²) < 4.78 is 10.8. The second kappa shape index (κ2) is 4.45. The van der Waals surface area contributed by atoms with Crippen LogP contribution in [0.1, 0.15) is 31.2 Å². The van der Waals surface area contributed by atoms with Crippen LogP contribution in [0.3, 0.4) is 0 Å². The molecule has 0 N–H and O–H groups in total. The molecular formula is C21H24N2O3. The van der Waals surface area contributed by atoms with Gasteiger partial charge in [-0.25, -0.2) is 4.79 Å². The van der Waals surface area contributed by atoms with Gasteiger partial charge in [-0.05, 0) is 55.4 Å². The predicted molar refractivity (Wildman–Crippen MR) is 97.7 cm³/mol. The van der Waals surface area contributed by atoms with E-state index in [1.54, 1.807) is 7.11 Å². The SMILES string of the molecule is COC(=O)N1c2ccc(OC)cc2[C@@]23C[C@@]45C=CCN4CC[C@@]12[C@@H]3CC5. The first-order valence-electron chi connectivity index (χ1n) is 9.62. The number of benzene rings is 1. The zero-order valence-corrected chi connectivity index (χ0v) is 15.3. The van der Waals surface area contributed by atoms with Gasteiger partial charge in [0.05, 0.1) is 25.4 Å². The van der Waals surface area contributed by atoms with Crippen molar-refractivity contribution in [3.8, 4) is 5.75 Å². The second-order valence-corrected chi connectivity index (χ2v) is 8.55. The lowest BCUT2D eigenvalue weighted by molar-refractivity contribution is 0.107. The third kappa shape index (κ3) is 1.34. The molecule has 3 fully saturated rings. The minimum absolute atomic E-state index is 0.0484. The van der Waals surface area contributed by atoms with E-state index in [0.29, 0.717) is 5.92 Å². The predicted octanol–water partition coefficient (Wildman–Crippen LogP) is 3.09. The number of hydrogen-bond acceptors (Lipinski definition) is 4. The van der Waals surface area contributed by atoms with Gasteiger partial charge in [-0.1, -0.05) is 12.2 Å². The van der Waals surface area contributed by atoms with Crippen molar-refractivity contribution in [2.75, 3.05) is 32.2 Å². The zero-order valence-electron chi connectivity index (χ0n) is 15.3. The Labute approximate surface area is 153 Å². The molecular weight excluding hydrogens is 328 g/mol. The van der Waals surface area contributed by atoms with E-state index in [4.69, 9.17) is 9.47 Å². The topological polar surface area (TPSA) is 42.0 Å². The molecule has 26 heavy (non-hydrogen) atoms. The Hall–Kier alpha value is -2.01. The summed E-state index contributed by atoms with van der Waals surface area (Å²) in [4.78, 5) is 17.5. The lowest BCUT2D eigenvalue weighted by Crippen LogP contribution is -2.49. The van der Waals surface area contributed by atoms with Crippen molar-refractivity contribution < 1.29 is 14.3 Å². The van der Waals surface area contributed by atoms with E-state index in [2.05, 4.69) is 29.2 Å². The fourth-order valence-electron chi connectivity index (χ4n) is 7.26. The van der Waals surface area contributed by atoms with Crippen molar-refractivity contribution in [1.29, 1.82) is 0 Å². The monoisotopic (exact) mass is 352 g/mol. The van der Waals surface area contributed by atoms with E-state index in [0.717, 1.165) is 37.4 Å². The molecule has 5 heteroatoms. The van der Waals surface area contributed by atoms with Gasteiger partial charge in [0.2, 0.25) is 0 Å². The number of methoxy groups -OCH3 is 2. The number of hydrogen-bond donors (Lipinski definition) is 0. The Balaban J connectivity index is 1.60. The summed E-state index contributed by atoms with van der Waals surface area (Å²) in [5.74, 6) is 1.41. The second-order valence-electron chi connectivity index (χ2n) is 8.55. The molecule has 0 unspecified atom stereocenters. The molecule has 3 aliphatic heterocycles. The minimum Gasteiger partial charge on any atom is -0.497 e. The highest BCUT2D eigenvalue weighted by Crippen LogP contribution is 2.81. The van der Waals surface area contributed by atoms with Gasteiger partial charge in [-0.3, -0.25) is 9.80 Å². The van der Waals surface area contributed by atoms with Gasteiger partial charge in [0.25, 0.3) is 0 Å². The van der Waals surface area contributed by atoms with E-state index in [1.807, 2.05) is 11.0 Å². The van der Waals surface area contributed by atoms with Crippen LogP contribution in [-0.2, 0) is 10.2 Å². The maximum Gasteiger partial charge on any atom is 0.414 e. The van der Waals surface area contributed by atoms with Crippen LogP contribution in [0.4, 0.5) is 10.5 Å². The summed E-state index contributed by atoms with van der Waals surface area (Å²) in [7, 11) is 3.21. The molecule has 0 radical (unpaired) electrons. The largest absolute Gasteiger partial charge is 0.497 e. The van der Waals surface area contributed by atoms with E-state index < -0.39 is 0 Å². The Morgan fingerprint density at radius 2 is 2.15 bits per heavy atom.